The lowest BCUT2D eigenvalue weighted by Gasteiger charge is -2.13. The van der Waals surface area contributed by atoms with Crippen LogP contribution < -0.4 is 14.6 Å². The summed E-state index contributed by atoms with van der Waals surface area (Å²) in [4.78, 5) is 10.6. The predicted molar refractivity (Wildman–Crippen MR) is 79.6 cm³/mol. The number of ether oxygens (including phenoxy) is 1. The summed E-state index contributed by atoms with van der Waals surface area (Å²) in [5.41, 5.74) is -0.0882. The molecule has 1 N–H and O–H groups in total. The molecule has 8 heteroatoms. The van der Waals surface area contributed by atoms with Crippen LogP contribution >= 0.6 is 11.6 Å². The number of carbonyl (C=O) groups excluding carboxylic acids is 1. The van der Waals surface area contributed by atoms with Gasteiger partial charge in [-0.15, -0.1) is 0 Å². The van der Waals surface area contributed by atoms with Gasteiger partial charge in [0.1, 0.15) is 5.75 Å². The number of rotatable bonds is 5. The molecular formula is C14H11ClNO5S-. The smallest absolute Gasteiger partial charge is 0.262 e. The van der Waals surface area contributed by atoms with Crippen molar-refractivity contribution in [2.24, 2.45) is 0 Å². The molecule has 0 saturated heterocycles. The molecule has 6 nitrogen and oxygen atoms in total. The average molecular weight is 341 g/mol. The lowest BCUT2D eigenvalue weighted by molar-refractivity contribution is -0.255. The maximum absolute atomic E-state index is 12.3. The molecule has 0 unspecified atom stereocenters. The highest BCUT2D eigenvalue weighted by atomic mass is 35.5. The van der Waals surface area contributed by atoms with Gasteiger partial charge in [0.15, 0.2) is 0 Å². The van der Waals surface area contributed by atoms with Crippen molar-refractivity contribution in [2.75, 3.05) is 11.8 Å². The molecule has 0 spiro atoms. The molecule has 22 heavy (non-hydrogen) atoms. The quantitative estimate of drug-likeness (QED) is 0.890. The van der Waals surface area contributed by atoms with E-state index >= 15 is 0 Å². The molecule has 0 aromatic heterocycles. The number of sulfonamides is 1. The van der Waals surface area contributed by atoms with Gasteiger partial charge < -0.3 is 14.6 Å². The Morgan fingerprint density at radius 1 is 1.23 bits per heavy atom. The van der Waals surface area contributed by atoms with Crippen LogP contribution in [0, 0.1) is 0 Å². The second-order valence-electron chi connectivity index (χ2n) is 4.27. The fraction of sp³-hybridized carbons (Fsp3) is 0.0714. The fourth-order valence-corrected chi connectivity index (χ4v) is 3.03. The van der Waals surface area contributed by atoms with Crippen LogP contribution in [0.4, 0.5) is 5.69 Å². The second kappa shape index (κ2) is 6.25. The molecule has 0 bridgehead atoms. The summed E-state index contributed by atoms with van der Waals surface area (Å²) in [5.74, 6) is -1.18. The first-order valence-corrected chi connectivity index (χ1v) is 7.87. The lowest BCUT2D eigenvalue weighted by atomic mass is 10.2. The number of hydrogen-bond donors (Lipinski definition) is 1. The van der Waals surface area contributed by atoms with Gasteiger partial charge >= 0.3 is 0 Å². The molecule has 0 fully saturated rings. The minimum Gasteiger partial charge on any atom is -0.545 e. The fourth-order valence-electron chi connectivity index (χ4n) is 1.75. The number of anilines is 1. The van der Waals surface area contributed by atoms with Gasteiger partial charge in [-0.1, -0.05) is 23.7 Å². The van der Waals surface area contributed by atoms with Gasteiger partial charge in [0, 0.05) is 5.02 Å². The Bertz CT molecular complexity index is 820. The first-order chi connectivity index (χ1) is 10.3. The number of carbonyl (C=O) groups is 1. The van der Waals surface area contributed by atoms with Crippen molar-refractivity contribution in [3.8, 4) is 5.75 Å². The molecule has 0 atom stereocenters. The van der Waals surface area contributed by atoms with Crippen LogP contribution in [0.5, 0.6) is 5.75 Å². The van der Waals surface area contributed by atoms with E-state index in [4.69, 9.17) is 16.3 Å². The van der Waals surface area contributed by atoms with E-state index in [1.54, 1.807) is 6.07 Å². The number of carboxylic acids is 1. The zero-order chi connectivity index (χ0) is 16.3. The summed E-state index contributed by atoms with van der Waals surface area (Å²) in [7, 11) is -2.61. The monoisotopic (exact) mass is 340 g/mol. The third-order valence-corrected chi connectivity index (χ3v) is 4.38. The third kappa shape index (κ3) is 3.49. The highest BCUT2D eigenvalue weighted by molar-refractivity contribution is 7.92. The molecule has 116 valence electrons. The van der Waals surface area contributed by atoms with Crippen LogP contribution in [-0.4, -0.2) is 21.5 Å². The first kappa shape index (κ1) is 16.1. The Labute approximate surface area is 132 Å². The number of methoxy groups -OCH3 is 1. The molecule has 0 aliphatic rings. The van der Waals surface area contributed by atoms with Gasteiger partial charge in [0.05, 0.1) is 23.7 Å². The molecule has 2 rings (SSSR count). The van der Waals surface area contributed by atoms with Crippen molar-refractivity contribution >= 4 is 33.3 Å². The largest absolute Gasteiger partial charge is 0.545 e. The van der Waals surface area contributed by atoms with E-state index < -0.39 is 16.0 Å². The molecule has 0 heterocycles. The van der Waals surface area contributed by atoms with Crippen LogP contribution in [0.15, 0.2) is 47.4 Å². The van der Waals surface area contributed by atoms with E-state index in [0.717, 1.165) is 6.07 Å². The maximum atomic E-state index is 12.3. The van der Waals surface area contributed by atoms with Crippen molar-refractivity contribution in [3.63, 3.8) is 0 Å². The Hall–Kier alpha value is -2.25. The minimum atomic E-state index is -4.00. The molecule has 2 aromatic carbocycles. The van der Waals surface area contributed by atoms with Crippen LogP contribution in [0.2, 0.25) is 5.02 Å². The topological polar surface area (TPSA) is 95.5 Å². The van der Waals surface area contributed by atoms with Crippen molar-refractivity contribution in [1.82, 2.24) is 0 Å². The van der Waals surface area contributed by atoms with Crippen LogP contribution in [-0.2, 0) is 10.0 Å². The van der Waals surface area contributed by atoms with E-state index in [0.29, 0.717) is 5.02 Å². The summed E-state index contributed by atoms with van der Waals surface area (Å²) >= 11 is 5.84. The molecule has 0 aliphatic carbocycles. The van der Waals surface area contributed by atoms with Crippen molar-refractivity contribution in [2.45, 2.75) is 4.90 Å². The zero-order valence-corrected chi connectivity index (χ0v) is 12.9. The van der Waals surface area contributed by atoms with Crippen molar-refractivity contribution in [3.05, 3.63) is 53.1 Å². The highest BCUT2D eigenvalue weighted by Crippen LogP contribution is 2.29. The van der Waals surface area contributed by atoms with Crippen molar-refractivity contribution in [1.29, 1.82) is 0 Å². The number of halogens is 1. The van der Waals surface area contributed by atoms with E-state index in [1.165, 1.54) is 37.4 Å². The van der Waals surface area contributed by atoms with Crippen LogP contribution in [0.1, 0.15) is 10.4 Å². The van der Waals surface area contributed by atoms with E-state index in [9.17, 15) is 18.3 Å². The predicted octanol–water partition coefficient (Wildman–Crippen LogP) is 1.51. The van der Waals surface area contributed by atoms with Gasteiger partial charge in [-0.3, -0.25) is 4.72 Å². The zero-order valence-electron chi connectivity index (χ0n) is 11.4. The van der Waals surface area contributed by atoms with Crippen molar-refractivity contribution < 1.29 is 23.1 Å². The Morgan fingerprint density at radius 3 is 2.59 bits per heavy atom. The van der Waals surface area contributed by atoms with E-state index in [-0.39, 0.29) is 21.9 Å². The number of benzene rings is 2. The molecule has 0 aliphatic heterocycles. The third-order valence-electron chi connectivity index (χ3n) is 2.79. The molecule has 0 radical (unpaired) electrons. The molecular weight excluding hydrogens is 330 g/mol. The lowest BCUT2D eigenvalue weighted by Crippen LogP contribution is -2.23. The highest BCUT2D eigenvalue weighted by Gasteiger charge is 2.17. The normalized spacial score (nSPS) is 11.0. The average Bonchev–Trinajstić information content (AvgIpc) is 2.47. The Kier molecular flexibility index (Phi) is 4.58. The van der Waals surface area contributed by atoms with Gasteiger partial charge in [0.25, 0.3) is 10.0 Å². The Morgan fingerprint density at radius 2 is 1.95 bits per heavy atom. The maximum Gasteiger partial charge on any atom is 0.262 e. The molecule has 0 amide bonds. The van der Waals surface area contributed by atoms with Gasteiger partial charge in [0.2, 0.25) is 0 Å². The number of nitrogens with one attached hydrogen (secondary N) is 1. The minimum absolute atomic E-state index is 0.147. The number of aromatic carboxylic acids is 1. The summed E-state index contributed by atoms with van der Waals surface area (Å²) in [6, 6.07) is 9.29. The van der Waals surface area contributed by atoms with Gasteiger partial charge in [-0.2, -0.15) is 0 Å². The van der Waals surface area contributed by atoms with E-state index in [1.807, 2.05) is 0 Å². The second-order valence-corrected chi connectivity index (χ2v) is 6.38. The number of carboxylic acid groups (broad SMARTS) is 1. The van der Waals surface area contributed by atoms with Crippen LogP contribution in [0.25, 0.3) is 0 Å². The standard InChI is InChI=1S/C14H12ClNO5S/c1-21-13-6-5-10(15)8-12(13)16-22(19,20)11-4-2-3-9(7-11)14(17)18/h2-8,16H,1H3,(H,17,18)/p-1. The first-order valence-electron chi connectivity index (χ1n) is 6.01. The molecule has 2 aromatic rings. The summed E-state index contributed by atoms with van der Waals surface area (Å²) in [6.07, 6.45) is 0. The van der Waals surface area contributed by atoms with Gasteiger partial charge in [-0.25, -0.2) is 8.42 Å². The SMILES string of the molecule is COc1ccc(Cl)cc1NS(=O)(=O)c1cccc(C(=O)[O-])c1. The summed E-state index contributed by atoms with van der Waals surface area (Å²) < 4.78 is 32.0. The van der Waals surface area contributed by atoms with E-state index in [2.05, 4.69) is 4.72 Å². The van der Waals surface area contributed by atoms with Gasteiger partial charge in [-0.05, 0) is 35.9 Å². The summed E-state index contributed by atoms with van der Waals surface area (Å²) in [5, 5.41) is 11.1. The number of hydrogen-bond acceptors (Lipinski definition) is 5. The molecule has 0 saturated carbocycles. The summed E-state index contributed by atoms with van der Waals surface area (Å²) in [6.45, 7) is 0. The Balaban J connectivity index is 2.42. The van der Waals surface area contributed by atoms with Crippen LogP contribution in [0.3, 0.4) is 0 Å².